The van der Waals surface area contributed by atoms with Crippen LogP contribution in [-0.2, 0) is 27.3 Å². The normalized spacial score (nSPS) is 27.2. The molecule has 0 aromatic heterocycles. The van der Waals surface area contributed by atoms with Crippen molar-refractivity contribution in [2.45, 2.75) is 31.2 Å². The Kier molecular flexibility index (Phi) is 7.13. The average molecular weight is 590 g/mol. The molecule has 1 fully saturated rings. The molecule has 224 valence electrons. The molecule has 0 aliphatic heterocycles. The maximum absolute atomic E-state index is 14.3. The number of ether oxygens (including phenoxy) is 1. The van der Waals surface area contributed by atoms with E-state index in [0.717, 1.165) is 19.2 Å². The van der Waals surface area contributed by atoms with Crippen molar-refractivity contribution in [3.8, 4) is 16.9 Å². The predicted octanol–water partition coefficient (Wildman–Crippen LogP) is 2.16. The summed E-state index contributed by atoms with van der Waals surface area (Å²) in [5.74, 6) is -14.0. The molecule has 2 aromatic carbocycles. The van der Waals surface area contributed by atoms with Crippen molar-refractivity contribution in [1.29, 1.82) is 0 Å². The highest BCUT2D eigenvalue weighted by Gasteiger charge is 2.63. The number of phenolic OH excluding ortho intramolecular Hbond substituents is 1. The lowest BCUT2D eigenvalue weighted by molar-refractivity contribution is -0.219. The first-order chi connectivity index (χ1) is 19.7. The summed E-state index contributed by atoms with van der Waals surface area (Å²) in [5, 5.41) is 45.3. The Morgan fingerprint density at radius 1 is 1.14 bits per heavy atom. The quantitative estimate of drug-likeness (QED) is 0.225. The molecule has 42 heavy (non-hydrogen) atoms. The molecule has 0 saturated heterocycles. The van der Waals surface area contributed by atoms with Crippen LogP contribution in [0.25, 0.3) is 16.9 Å². The standard InChI is InChI=1S/C29H30F3N3O7/c1-35(2)23-15-5-11-4-14-13(10-7-16(30)22(32)17(31)8-10)6-12(9-33)24(36)19(14)25(37)18(11)26(38)20(15)29(41,42-3)21(27(23)39)28(34)40/h6-8,11,15,20,23,36-37,39,41H,4-5,9,33H2,1-3H3,(H2,34,40)/t11?,15?,20?,23-,29?/m0/s1. The Morgan fingerprint density at radius 3 is 2.29 bits per heavy atom. The molecule has 13 heteroatoms. The topological polar surface area (TPSA) is 180 Å². The number of Topliss-reactive ketones (excluding diaryl/α,β-unsaturated/α-hetero) is 1. The van der Waals surface area contributed by atoms with Gasteiger partial charge in [0.2, 0.25) is 5.79 Å². The number of allylic oxidation sites excluding steroid dienone is 1. The molecule has 3 aliphatic carbocycles. The van der Waals surface area contributed by atoms with Gasteiger partial charge in [-0.05, 0) is 73.7 Å². The Hall–Kier alpha value is -3.91. The van der Waals surface area contributed by atoms with E-state index < -0.39 is 81.6 Å². The van der Waals surface area contributed by atoms with Gasteiger partial charge >= 0.3 is 0 Å². The highest BCUT2D eigenvalue weighted by molar-refractivity contribution is 6.08. The molecule has 0 bridgehead atoms. The largest absolute Gasteiger partial charge is 0.510 e. The SMILES string of the molecule is COC1(O)C(C(N)=O)=C(O)[C@@H](N(C)C)C2CC3Cc4c(-c5cc(F)c(F)c(F)c5)cc(CN)c(O)c4C(O)=C3C(=O)C21. The van der Waals surface area contributed by atoms with Gasteiger partial charge in [0.05, 0.1) is 17.5 Å². The molecule has 10 nitrogen and oxygen atoms in total. The number of aromatic hydroxyl groups is 1. The van der Waals surface area contributed by atoms with Crippen molar-refractivity contribution in [2.75, 3.05) is 21.2 Å². The monoisotopic (exact) mass is 589 g/mol. The third kappa shape index (κ3) is 4.02. The summed E-state index contributed by atoms with van der Waals surface area (Å²) in [5.41, 5.74) is 10.6. The van der Waals surface area contributed by atoms with Crippen LogP contribution in [0.1, 0.15) is 23.1 Å². The fraction of sp³-hybridized carbons (Fsp3) is 0.379. The Morgan fingerprint density at radius 2 is 1.76 bits per heavy atom. The first-order valence-corrected chi connectivity index (χ1v) is 13.1. The molecular formula is C29H30F3N3O7. The molecule has 5 rings (SSSR count). The number of halogens is 3. The summed E-state index contributed by atoms with van der Waals surface area (Å²) >= 11 is 0. The molecule has 2 aromatic rings. The highest BCUT2D eigenvalue weighted by Crippen LogP contribution is 2.55. The summed E-state index contributed by atoms with van der Waals surface area (Å²) in [6.45, 7) is -0.261. The summed E-state index contributed by atoms with van der Waals surface area (Å²) < 4.78 is 47.6. The number of primary amides is 1. The molecule has 0 heterocycles. The van der Waals surface area contributed by atoms with Crippen molar-refractivity contribution >= 4 is 17.4 Å². The van der Waals surface area contributed by atoms with Crippen LogP contribution in [0, 0.1) is 35.2 Å². The molecule has 3 aliphatic rings. The lowest BCUT2D eigenvalue weighted by atomic mass is 9.57. The van der Waals surface area contributed by atoms with E-state index in [9.17, 15) is 43.2 Å². The molecular weight excluding hydrogens is 559 g/mol. The second-order valence-electron chi connectivity index (χ2n) is 11.1. The molecule has 1 amide bonds. The fourth-order valence-electron chi connectivity index (χ4n) is 7.01. The molecule has 0 radical (unpaired) electrons. The maximum atomic E-state index is 14.3. The van der Waals surface area contributed by atoms with E-state index in [0.29, 0.717) is 0 Å². The van der Waals surface area contributed by atoms with Gasteiger partial charge in [-0.25, -0.2) is 13.2 Å². The zero-order valence-electron chi connectivity index (χ0n) is 22.9. The minimum atomic E-state index is -2.64. The minimum absolute atomic E-state index is 0.0310. The van der Waals surface area contributed by atoms with Gasteiger partial charge in [0.15, 0.2) is 23.2 Å². The number of nitrogens with two attached hydrogens (primary N) is 2. The minimum Gasteiger partial charge on any atom is -0.510 e. The van der Waals surface area contributed by atoms with E-state index in [4.69, 9.17) is 16.2 Å². The number of methoxy groups -OCH3 is 1. The first-order valence-electron chi connectivity index (χ1n) is 13.1. The Labute approximate surface area is 238 Å². The van der Waals surface area contributed by atoms with Crippen LogP contribution in [-0.4, -0.2) is 70.1 Å². The zero-order valence-corrected chi connectivity index (χ0v) is 22.9. The van der Waals surface area contributed by atoms with Crippen LogP contribution in [0.4, 0.5) is 13.2 Å². The number of fused-ring (bicyclic) bond motifs is 3. The van der Waals surface area contributed by atoms with Gasteiger partial charge in [0.25, 0.3) is 5.91 Å². The number of benzene rings is 2. The van der Waals surface area contributed by atoms with Crippen LogP contribution >= 0.6 is 0 Å². The second-order valence-corrected chi connectivity index (χ2v) is 11.1. The van der Waals surface area contributed by atoms with Gasteiger partial charge in [0, 0.05) is 24.8 Å². The molecule has 5 atom stereocenters. The number of amides is 1. The van der Waals surface area contributed by atoms with E-state index in [1.807, 2.05) is 0 Å². The van der Waals surface area contributed by atoms with Crippen molar-refractivity contribution in [2.24, 2.45) is 29.2 Å². The number of rotatable bonds is 5. The number of aliphatic hydroxyl groups is 3. The Bertz CT molecular complexity index is 1580. The first kappa shape index (κ1) is 29.6. The lowest BCUT2D eigenvalue weighted by Crippen LogP contribution is -2.63. The van der Waals surface area contributed by atoms with Crippen LogP contribution < -0.4 is 11.5 Å². The molecule has 1 saturated carbocycles. The van der Waals surface area contributed by atoms with Crippen molar-refractivity contribution in [3.05, 3.63) is 69.2 Å². The van der Waals surface area contributed by atoms with Gasteiger partial charge in [-0.15, -0.1) is 0 Å². The number of carbonyl (C=O) groups excluding carboxylic acids is 2. The molecule has 4 unspecified atom stereocenters. The fourth-order valence-corrected chi connectivity index (χ4v) is 7.01. The van der Waals surface area contributed by atoms with Gasteiger partial charge in [-0.2, -0.15) is 0 Å². The summed E-state index contributed by atoms with van der Waals surface area (Å²) in [6.07, 6.45) is 0.0294. The second kappa shape index (κ2) is 10.1. The van der Waals surface area contributed by atoms with Crippen molar-refractivity contribution in [3.63, 3.8) is 0 Å². The number of ketones is 1. The van der Waals surface area contributed by atoms with Gasteiger partial charge in [-0.1, -0.05) is 0 Å². The molecule has 8 N–H and O–H groups in total. The average Bonchev–Trinajstić information content (AvgIpc) is 2.90. The number of carbonyl (C=O) groups is 2. The zero-order chi connectivity index (χ0) is 31.0. The van der Waals surface area contributed by atoms with Crippen molar-refractivity contribution < 1.29 is 47.9 Å². The third-order valence-corrected chi connectivity index (χ3v) is 8.72. The highest BCUT2D eigenvalue weighted by atomic mass is 19.2. The number of hydrogen-bond acceptors (Lipinski definition) is 9. The summed E-state index contributed by atoms with van der Waals surface area (Å²) in [7, 11) is 4.23. The van der Waals surface area contributed by atoms with Crippen molar-refractivity contribution in [1.82, 2.24) is 4.90 Å². The maximum Gasteiger partial charge on any atom is 0.253 e. The number of aliphatic hydroxyl groups excluding tert-OH is 2. The van der Waals surface area contributed by atoms with E-state index in [1.54, 1.807) is 19.0 Å². The smallest absolute Gasteiger partial charge is 0.253 e. The van der Waals surface area contributed by atoms with Crippen LogP contribution in [0.2, 0.25) is 0 Å². The number of nitrogens with zero attached hydrogens (tertiary/aromatic N) is 1. The third-order valence-electron chi connectivity index (χ3n) is 8.72. The summed E-state index contributed by atoms with van der Waals surface area (Å²) in [4.78, 5) is 28.2. The van der Waals surface area contributed by atoms with Gasteiger partial charge < -0.3 is 36.6 Å². The number of phenols is 1. The van der Waals surface area contributed by atoms with Crippen LogP contribution in [0.3, 0.4) is 0 Å². The van der Waals surface area contributed by atoms with Gasteiger partial charge in [0.1, 0.15) is 22.8 Å². The number of likely N-dealkylation sites (N-methyl/N-ethyl adjacent to an activating group) is 1. The molecule has 0 spiro atoms. The lowest BCUT2D eigenvalue weighted by Gasteiger charge is -2.52. The van der Waals surface area contributed by atoms with E-state index in [1.165, 1.54) is 6.07 Å². The van der Waals surface area contributed by atoms with Crippen LogP contribution in [0.15, 0.2) is 35.1 Å². The van der Waals surface area contributed by atoms with E-state index in [-0.39, 0.29) is 52.8 Å². The predicted molar refractivity (Wildman–Crippen MR) is 143 cm³/mol. The summed E-state index contributed by atoms with van der Waals surface area (Å²) in [6, 6.07) is 1.97. The van der Waals surface area contributed by atoms with E-state index >= 15 is 0 Å². The van der Waals surface area contributed by atoms with Crippen LogP contribution in [0.5, 0.6) is 5.75 Å². The van der Waals surface area contributed by atoms with Gasteiger partial charge in [-0.3, -0.25) is 14.5 Å². The number of hydrogen-bond donors (Lipinski definition) is 6. The van der Waals surface area contributed by atoms with E-state index in [2.05, 4.69) is 0 Å². The Balaban J connectivity index is 1.77.